The second-order valence-electron chi connectivity index (χ2n) is 5.58. The van der Waals surface area contributed by atoms with Crippen molar-refractivity contribution >= 4 is 27.2 Å². The van der Waals surface area contributed by atoms with Gasteiger partial charge in [-0.3, -0.25) is 4.79 Å². The lowest BCUT2D eigenvalue weighted by atomic mass is 10.1. The molecule has 0 saturated heterocycles. The average molecular weight is 261 g/mol. The third kappa shape index (κ3) is 3.40. The van der Waals surface area contributed by atoms with Crippen LogP contribution in [0, 0.1) is 0 Å². The van der Waals surface area contributed by atoms with Crippen LogP contribution < -0.4 is 5.32 Å². The molecule has 2 nitrogen and oxygen atoms in total. The number of rotatable bonds is 4. The molecular weight excluding hydrogens is 242 g/mol. The zero-order valence-electron chi connectivity index (χ0n) is 11.1. The topological polar surface area (TPSA) is 29.1 Å². The van der Waals surface area contributed by atoms with Crippen LogP contribution in [0.2, 0.25) is 0 Å². The van der Waals surface area contributed by atoms with Crippen molar-refractivity contribution in [2.45, 2.75) is 32.7 Å². The minimum atomic E-state index is -0.00757. The average Bonchev–Trinajstić information content (AvgIpc) is 2.70. The highest BCUT2D eigenvalue weighted by molar-refractivity contribution is 7.17. The molecule has 0 unspecified atom stereocenters. The third-order valence-electron chi connectivity index (χ3n) is 2.76. The Labute approximate surface area is 112 Å². The number of benzene rings is 1. The van der Waals surface area contributed by atoms with Crippen molar-refractivity contribution in [3.63, 3.8) is 0 Å². The highest BCUT2D eigenvalue weighted by atomic mass is 32.1. The van der Waals surface area contributed by atoms with Crippen LogP contribution in [-0.4, -0.2) is 17.9 Å². The lowest BCUT2D eigenvalue weighted by Gasteiger charge is -2.19. The summed E-state index contributed by atoms with van der Waals surface area (Å²) in [6.07, 6.45) is 0.521. The molecule has 2 rings (SSSR count). The van der Waals surface area contributed by atoms with Crippen molar-refractivity contribution in [3.8, 4) is 0 Å². The second kappa shape index (κ2) is 5.21. The van der Waals surface area contributed by atoms with Gasteiger partial charge in [-0.25, -0.2) is 0 Å². The quantitative estimate of drug-likeness (QED) is 0.914. The van der Waals surface area contributed by atoms with Gasteiger partial charge in [-0.05, 0) is 43.2 Å². The molecule has 1 N–H and O–H groups in total. The van der Waals surface area contributed by atoms with Gasteiger partial charge >= 0.3 is 0 Å². The summed E-state index contributed by atoms with van der Waals surface area (Å²) in [6, 6.07) is 8.25. The first kappa shape index (κ1) is 13.2. The number of hydrogen-bond donors (Lipinski definition) is 1. The molecule has 0 fully saturated rings. The molecule has 1 aromatic carbocycles. The molecule has 0 radical (unpaired) electrons. The van der Waals surface area contributed by atoms with Crippen molar-refractivity contribution < 1.29 is 4.79 Å². The summed E-state index contributed by atoms with van der Waals surface area (Å²) in [7, 11) is 0. The Hall–Kier alpha value is -1.19. The molecule has 0 aliphatic heterocycles. The van der Waals surface area contributed by atoms with Gasteiger partial charge in [-0.2, -0.15) is 0 Å². The molecule has 0 aliphatic rings. The summed E-state index contributed by atoms with van der Waals surface area (Å²) < 4.78 is 1.25. The van der Waals surface area contributed by atoms with Crippen molar-refractivity contribution in [2.24, 2.45) is 0 Å². The van der Waals surface area contributed by atoms with E-state index in [1.807, 2.05) is 12.1 Å². The predicted octanol–water partition coefficient (Wildman–Crippen LogP) is 3.40. The van der Waals surface area contributed by atoms with Crippen LogP contribution in [-0.2, 0) is 11.2 Å². The van der Waals surface area contributed by atoms with Crippen LogP contribution in [0.25, 0.3) is 10.1 Å². The van der Waals surface area contributed by atoms with E-state index in [2.05, 4.69) is 43.6 Å². The van der Waals surface area contributed by atoms with Gasteiger partial charge in [0.15, 0.2) is 5.78 Å². The largest absolute Gasteiger partial charge is 0.305 e. The number of thiophene rings is 1. The summed E-state index contributed by atoms with van der Waals surface area (Å²) in [4.78, 5) is 11.9. The lowest BCUT2D eigenvalue weighted by Crippen LogP contribution is -2.39. The molecule has 2 aromatic rings. The van der Waals surface area contributed by atoms with Gasteiger partial charge in [-0.1, -0.05) is 18.2 Å². The van der Waals surface area contributed by atoms with E-state index in [4.69, 9.17) is 0 Å². The Morgan fingerprint density at radius 1 is 1.28 bits per heavy atom. The van der Waals surface area contributed by atoms with Crippen LogP contribution in [0.1, 0.15) is 26.3 Å². The number of carbonyl (C=O) groups is 1. The Kier molecular flexibility index (Phi) is 3.83. The van der Waals surface area contributed by atoms with Gasteiger partial charge in [0.2, 0.25) is 0 Å². The number of ketones is 1. The normalized spacial score (nSPS) is 11.9. The van der Waals surface area contributed by atoms with Crippen LogP contribution in [0.4, 0.5) is 0 Å². The Morgan fingerprint density at radius 2 is 2.00 bits per heavy atom. The van der Waals surface area contributed by atoms with Crippen LogP contribution >= 0.6 is 11.3 Å². The SMILES string of the molecule is CC(C)(C)NCC(=O)Cc1csc2ccccc12. The summed E-state index contributed by atoms with van der Waals surface area (Å²) >= 11 is 1.71. The fraction of sp³-hybridized carbons (Fsp3) is 0.400. The number of carbonyl (C=O) groups excluding carboxylic acids is 1. The monoisotopic (exact) mass is 261 g/mol. The van der Waals surface area contributed by atoms with E-state index < -0.39 is 0 Å². The van der Waals surface area contributed by atoms with Crippen LogP contribution in [0.5, 0.6) is 0 Å². The minimum Gasteiger partial charge on any atom is -0.305 e. The van der Waals surface area contributed by atoms with Gasteiger partial charge in [0.25, 0.3) is 0 Å². The van der Waals surface area contributed by atoms with E-state index in [0.29, 0.717) is 13.0 Å². The number of Topliss-reactive ketones (excluding diaryl/α,β-unsaturated/α-hetero) is 1. The summed E-state index contributed by atoms with van der Waals surface area (Å²) in [5.74, 6) is 0.244. The first-order valence-electron chi connectivity index (χ1n) is 6.17. The van der Waals surface area contributed by atoms with Crippen LogP contribution in [0.15, 0.2) is 29.6 Å². The smallest absolute Gasteiger partial charge is 0.151 e. The van der Waals surface area contributed by atoms with E-state index >= 15 is 0 Å². The zero-order chi connectivity index (χ0) is 13.2. The Morgan fingerprint density at radius 3 is 2.72 bits per heavy atom. The van der Waals surface area contributed by atoms with Crippen molar-refractivity contribution in [2.75, 3.05) is 6.54 Å². The minimum absolute atomic E-state index is 0.00757. The maximum Gasteiger partial charge on any atom is 0.151 e. The fourth-order valence-corrected chi connectivity index (χ4v) is 2.77. The van der Waals surface area contributed by atoms with Gasteiger partial charge in [-0.15, -0.1) is 11.3 Å². The first-order chi connectivity index (χ1) is 8.46. The summed E-state index contributed by atoms with van der Waals surface area (Å²) in [5.41, 5.74) is 1.14. The molecular formula is C15H19NOS. The highest BCUT2D eigenvalue weighted by Gasteiger charge is 2.13. The zero-order valence-corrected chi connectivity index (χ0v) is 11.9. The first-order valence-corrected chi connectivity index (χ1v) is 7.05. The van der Waals surface area contributed by atoms with Crippen molar-refractivity contribution in [1.82, 2.24) is 5.32 Å². The van der Waals surface area contributed by atoms with Crippen molar-refractivity contribution in [1.29, 1.82) is 0 Å². The van der Waals surface area contributed by atoms with Gasteiger partial charge < -0.3 is 5.32 Å². The molecule has 1 heterocycles. The van der Waals surface area contributed by atoms with Crippen LogP contribution in [0.3, 0.4) is 0 Å². The van der Waals surface area contributed by atoms with Crippen molar-refractivity contribution in [3.05, 3.63) is 35.2 Å². The molecule has 0 amide bonds. The van der Waals surface area contributed by atoms with E-state index in [1.165, 1.54) is 10.1 Å². The maximum absolute atomic E-state index is 11.9. The molecule has 0 spiro atoms. The highest BCUT2D eigenvalue weighted by Crippen LogP contribution is 2.25. The molecule has 0 saturated carbocycles. The third-order valence-corrected chi connectivity index (χ3v) is 3.78. The van der Waals surface area contributed by atoms with E-state index in [1.54, 1.807) is 11.3 Å². The molecule has 18 heavy (non-hydrogen) atoms. The molecule has 3 heteroatoms. The van der Waals surface area contributed by atoms with Gasteiger partial charge in [0.1, 0.15) is 0 Å². The number of fused-ring (bicyclic) bond motifs is 1. The summed E-state index contributed by atoms with van der Waals surface area (Å²) in [5, 5.41) is 6.55. The fourth-order valence-electron chi connectivity index (χ4n) is 1.81. The molecule has 0 aliphatic carbocycles. The lowest BCUT2D eigenvalue weighted by molar-refractivity contribution is -0.117. The Bertz CT molecular complexity index is 551. The van der Waals surface area contributed by atoms with Gasteiger partial charge in [0, 0.05) is 16.7 Å². The van der Waals surface area contributed by atoms with E-state index in [0.717, 1.165) is 5.56 Å². The molecule has 0 bridgehead atoms. The Balaban J connectivity index is 2.03. The molecule has 96 valence electrons. The van der Waals surface area contributed by atoms with E-state index in [-0.39, 0.29) is 11.3 Å². The second-order valence-corrected chi connectivity index (χ2v) is 6.49. The van der Waals surface area contributed by atoms with Gasteiger partial charge in [0.05, 0.1) is 6.54 Å². The summed E-state index contributed by atoms with van der Waals surface area (Å²) in [6.45, 7) is 6.65. The number of hydrogen-bond acceptors (Lipinski definition) is 3. The standard InChI is InChI=1S/C15H19NOS/c1-15(2,3)16-9-12(17)8-11-10-18-14-7-5-4-6-13(11)14/h4-7,10,16H,8-9H2,1-3H3. The molecule has 1 aromatic heterocycles. The maximum atomic E-state index is 11.9. The van der Waals surface area contributed by atoms with E-state index in [9.17, 15) is 4.79 Å². The number of nitrogens with one attached hydrogen (secondary N) is 1. The molecule has 0 atom stereocenters. The predicted molar refractivity (Wildman–Crippen MR) is 78.3 cm³/mol.